The molecular weight excluding hydrogens is 359 g/mol. The molecule has 0 aliphatic rings. The van der Waals surface area contributed by atoms with Crippen LogP contribution in [0.25, 0.3) is 32.7 Å². The Morgan fingerprint density at radius 3 is 2.68 bits per heavy atom. The van der Waals surface area contributed by atoms with Crippen molar-refractivity contribution >= 4 is 34.0 Å². The third kappa shape index (κ3) is 2.81. The fourth-order valence-corrected chi connectivity index (χ4v) is 3.75. The van der Waals surface area contributed by atoms with Crippen molar-refractivity contribution in [2.45, 2.75) is 19.9 Å². The number of rotatable bonds is 3. The number of aromatic nitrogens is 4. The molecule has 0 spiro atoms. The quantitative estimate of drug-likeness (QED) is 0.470. The van der Waals surface area contributed by atoms with E-state index in [2.05, 4.69) is 35.2 Å². The molecule has 2 heterocycles. The fraction of sp³-hybridized carbons (Fsp3) is 0.167. The van der Waals surface area contributed by atoms with Gasteiger partial charge in [0, 0.05) is 11.6 Å². The summed E-state index contributed by atoms with van der Waals surface area (Å²) in [6.45, 7) is 4.14. The maximum absolute atomic E-state index is 13.5. The molecule has 0 N–H and O–H groups in total. The Balaban J connectivity index is 1.86. The highest BCUT2D eigenvalue weighted by Gasteiger charge is 2.15. The Morgan fingerprint density at radius 1 is 1.12 bits per heavy atom. The number of nitrogens with zero attached hydrogens (tertiary/aromatic N) is 4. The average molecular weight is 373 g/mol. The lowest BCUT2D eigenvalue weighted by Gasteiger charge is -2.07. The number of hydrogen-bond acceptors (Lipinski definition) is 4. The molecule has 0 unspecified atom stereocenters. The maximum Gasteiger partial charge on any atom is 0.141 e. The molecule has 4 aromatic rings. The Bertz CT molecular complexity index is 1070. The van der Waals surface area contributed by atoms with Crippen LogP contribution in [0.2, 0.25) is 5.02 Å². The summed E-state index contributed by atoms with van der Waals surface area (Å²) < 4.78 is 15.4. The second-order valence-electron chi connectivity index (χ2n) is 5.99. The molecule has 0 aliphatic carbocycles. The summed E-state index contributed by atoms with van der Waals surface area (Å²) in [5.41, 5.74) is 6.21. The smallest absolute Gasteiger partial charge is 0.141 e. The normalized spacial score (nSPS) is 11.6. The third-order valence-electron chi connectivity index (χ3n) is 3.98. The molecule has 0 radical (unpaired) electrons. The second kappa shape index (κ2) is 6.20. The fourth-order valence-electron chi connectivity index (χ4n) is 2.76. The lowest BCUT2D eigenvalue weighted by atomic mass is 10.1. The van der Waals surface area contributed by atoms with Gasteiger partial charge in [0.2, 0.25) is 0 Å². The summed E-state index contributed by atoms with van der Waals surface area (Å²) in [5, 5.41) is 8.51. The first-order valence-corrected chi connectivity index (χ1v) is 9.04. The Labute approximate surface area is 152 Å². The van der Waals surface area contributed by atoms with Crippen LogP contribution in [0.3, 0.4) is 0 Å². The van der Waals surface area contributed by atoms with E-state index in [9.17, 15) is 4.39 Å². The van der Waals surface area contributed by atoms with Gasteiger partial charge >= 0.3 is 0 Å². The molecule has 0 bridgehead atoms. The van der Waals surface area contributed by atoms with E-state index in [1.54, 1.807) is 17.6 Å². The van der Waals surface area contributed by atoms with Crippen LogP contribution < -0.4 is 0 Å². The Morgan fingerprint density at radius 2 is 1.92 bits per heavy atom. The molecule has 25 heavy (non-hydrogen) atoms. The van der Waals surface area contributed by atoms with Crippen LogP contribution in [0, 0.1) is 5.82 Å². The van der Waals surface area contributed by atoms with Crippen molar-refractivity contribution in [3.63, 3.8) is 0 Å². The Hall–Kier alpha value is -2.31. The van der Waals surface area contributed by atoms with Gasteiger partial charge in [-0.3, -0.25) is 0 Å². The SMILES string of the molecule is CC(C)n1nnc2ccc(-c3scnc3-c3ccc(F)c(Cl)c3)cc21. The minimum absolute atomic E-state index is 0.0917. The highest BCUT2D eigenvalue weighted by atomic mass is 35.5. The van der Waals surface area contributed by atoms with Crippen LogP contribution in [0.4, 0.5) is 4.39 Å². The lowest BCUT2D eigenvalue weighted by molar-refractivity contribution is 0.530. The van der Waals surface area contributed by atoms with E-state index >= 15 is 0 Å². The highest BCUT2D eigenvalue weighted by molar-refractivity contribution is 7.13. The third-order valence-corrected chi connectivity index (χ3v) is 5.15. The monoisotopic (exact) mass is 372 g/mol. The molecular formula is C18H14ClFN4S. The van der Waals surface area contributed by atoms with E-state index in [1.807, 2.05) is 16.8 Å². The average Bonchev–Trinajstić information content (AvgIpc) is 3.23. The summed E-state index contributed by atoms with van der Waals surface area (Å²) >= 11 is 7.46. The predicted molar refractivity (Wildman–Crippen MR) is 99.4 cm³/mol. The van der Waals surface area contributed by atoms with Crippen molar-refractivity contribution in [1.82, 2.24) is 20.0 Å². The van der Waals surface area contributed by atoms with Gasteiger partial charge in [0.05, 0.1) is 26.6 Å². The van der Waals surface area contributed by atoms with Crippen molar-refractivity contribution in [1.29, 1.82) is 0 Å². The van der Waals surface area contributed by atoms with E-state index in [0.29, 0.717) is 0 Å². The van der Waals surface area contributed by atoms with Crippen molar-refractivity contribution < 1.29 is 4.39 Å². The summed E-state index contributed by atoms with van der Waals surface area (Å²) in [6, 6.07) is 10.9. The van der Waals surface area contributed by atoms with Crippen LogP contribution in [-0.4, -0.2) is 20.0 Å². The number of fused-ring (bicyclic) bond motifs is 1. The minimum Gasteiger partial charge on any atom is -0.244 e. The van der Waals surface area contributed by atoms with Crippen LogP contribution in [0.5, 0.6) is 0 Å². The zero-order valence-electron chi connectivity index (χ0n) is 13.6. The van der Waals surface area contributed by atoms with E-state index in [0.717, 1.165) is 32.7 Å². The molecule has 4 nitrogen and oxygen atoms in total. The number of halogens is 2. The predicted octanol–water partition coefficient (Wildman–Crippen LogP) is 5.60. The lowest BCUT2D eigenvalue weighted by Crippen LogP contribution is -2.02. The number of hydrogen-bond donors (Lipinski definition) is 0. The van der Waals surface area contributed by atoms with Gasteiger partial charge in [-0.25, -0.2) is 14.1 Å². The minimum atomic E-state index is -0.435. The molecule has 2 aromatic carbocycles. The van der Waals surface area contributed by atoms with E-state index in [4.69, 9.17) is 11.6 Å². The molecule has 0 atom stereocenters. The van der Waals surface area contributed by atoms with Crippen molar-refractivity contribution in [3.8, 4) is 21.7 Å². The molecule has 2 aromatic heterocycles. The van der Waals surface area contributed by atoms with Gasteiger partial charge in [-0.05, 0) is 49.7 Å². The van der Waals surface area contributed by atoms with Gasteiger partial charge in [-0.1, -0.05) is 22.9 Å². The molecule has 0 aliphatic heterocycles. The van der Waals surface area contributed by atoms with Gasteiger partial charge in [0.1, 0.15) is 11.3 Å². The van der Waals surface area contributed by atoms with Crippen LogP contribution in [0.15, 0.2) is 41.9 Å². The summed E-state index contributed by atoms with van der Waals surface area (Å²) in [5.74, 6) is -0.435. The van der Waals surface area contributed by atoms with Crippen LogP contribution >= 0.6 is 22.9 Å². The molecule has 0 amide bonds. The largest absolute Gasteiger partial charge is 0.244 e. The van der Waals surface area contributed by atoms with E-state index < -0.39 is 5.82 Å². The molecule has 7 heteroatoms. The Kier molecular flexibility index (Phi) is 4.01. The van der Waals surface area contributed by atoms with Gasteiger partial charge in [-0.2, -0.15) is 0 Å². The standard InChI is InChI=1S/C18H14ClFN4S/c1-10(2)24-16-8-12(4-6-15(16)22-23-24)18-17(21-9-25-18)11-3-5-14(20)13(19)7-11/h3-10H,1-2H3. The van der Waals surface area contributed by atoms with E-state index in [-0.39, 0.29) is 11.1 Å². The summed E-state index contributed by atoms with van der Waals surface area (Å²) in [6.07, 6.45) is 0. The highest BCUT2D eigenvalue weighted by Crippen LogP contribution is 2.37. The van der Waals surface area contributed by atoms with Crippen LogP contribution in [-0.2, 0) is 0 Å². The molecule has 4 rings (SSSR count). The number of thiazole rings is 1. The first-order chi connectivity index (χ1) is 12.0. The molecule has 0 saturated carbocycles. The summed E-state index contributed by atoms with van der Waals surface area (Å²) in [7, 11) is 0. The van der Waals surface area contributed by atoms with Gasteiger partial charge < -0.3 is 0 Å². The van der Waals surface area contributed by atoms with E-state index in [1.165, 1.54) is 17.4 Å². The van der Waals surface area contributed by atoms with Gasteiger partial charge in [-0.15, -0.1) is 16.4 Å². The summed E-state index contributed by atoms with van der Waals surface area (Å²) in [4.78, 5) is 5.46. The van der Waals surface area contributed by atoms with Crippen molar-refractivity contribution in [2.75, 3.05) is 0 Å². The first kappa shape index (κ1) is 16.2. The van der Waals surface area contributed by atoms with Crippen molar-refractivity contribution in [3.05, 3.63) is 52.7 Å². The zero-order chi connectivity index (χ0) is 17.6. The number of benzene rings is 2. The first-order valence-electron chi connectivity index (χ1n) is 7.79. The second-order valence-corrected chi connectivity index (χ2v) is 7.25. The molecule has 126 valence electrons. The maximum atomic E-state index is 13.5. The molecule has 0 fully saturated rings. The van der Waals surface area contributed by atoms with Crippen molar-refractivity contribution in [2.24, 2.45) is 0 Å². The van der Waals surface area contributed by atoms with Gasteiger partial charge in [0.15, 0.2) is 0 Å². The van der Waals surface area contributed by atoms with Gasteiger partial charge in [0.25, 0.3) is 0 Å². The molecule has 0 saturated heterocycles. The topological polar surface area (TPSA) is 43.6 Å². The zero-order valence-corrected chi connectivity index (χ0v) is 15.1. The van der Waals surface area contributed by atoms with Crippen LogP contribution in [0.1, 0.15) is 19.9 Å².